The van der Waals surface area contributed by atoms with Gasteiger partial charge in [0.05, 0.1) is 0 Å². The summed E-state index contributed by atoms with van der Waals surface area (Å²) in [6.07, 6.45) is -4.13. The summed E-state index contributed by atoms with van der Waals surface area (Å²) in [5.41, 5.74) is 7.78. The average molecular weight is 170 g/mol. The quantitative estimate of drug-likeness (QED) is 0.664. The Morgan fingerprint density at radius 2 is 1.73 bits per heavy atom. The first kappa shape index (κ1) is 10.7. The molecule has 1 unspecified atom stereocenters. The van der Waals surface area contributed by atoms with Gasteiger partial charge >= 0.3 is 6.18 Å². The summed E-state index contributed by atoms with van der Waals surface area (Å²) in [6.45, 7) is 1.09. The zero-order valence-electron chi connectivity index (χ0n) is 6.41. The summed E-state index contributed by atoms with van der Waals surface area (Å²) in [5, 5.41) is 0. The van der Waals surface area contributed by atoms with E-state index in [2.05, 4.69) is 0 Å². The first-order chi connectivity index (χ1) is 4.87. The lowest BCUT2D eigenvalue weighted by atomic mass is 9.94. The molecule has 4 N–H and O–H groups in total. The van der Waals surface area contributed by atoms with Crippen LogP contribution in [0.2, 0.25) is 0 Å². The minimum Gasteiger partial charge on any atom is -0.328 e. The van der Waals surface area contributed by atoms with E-state index >= 15 is 0 Å². The van der Waals surface area contributed by atoms with Gasteiger partial charge in [-0.1, -0.05) is 13.3 Å². The zero-order valence-corrected chi connectivity index (χ0v) is 6.41. The van der Waals surface area contributed by atoms with Crippen molar-refractivity contribution in [3.63, 3.8) is 0 Å². The smallest absolute Gasteiger partial charge is 0.328 e. The second kappa shape index (κ2) is 3.40. The van der Waals surface area contributed by atoms with E-state index in [1.165, 1.54) is 0 Å². The molecule has 0 radical (unpaired) electrons. The summed E-state index contributed by atoms with van der Waals surface area (Å²) in [6, 6.07) is 0. The van der Waals surface area contributed by atoms with Crippen molar-refractivity contribution in [2.24, 2.45) is 11.5 Å². The Labute approximate surface area is 63.7 Å². The molecular formula is C6H13F3N2. The molecular weight excluding hydrogens is 157 g/mol. The largest absolute Gasteiger partial charge is 0.407 e. The summed E-state index contributed by atoms with van der Waals surface area (Å²) in [5.74, 6) is 0. The molecule has 0 aliphatic heterocycles. The number of rotatable bonds is 3. The van der Waals surface area contributed by atoms with E-state index in [1.54, 1.807) is 6.92 Å². The molecule has 0 saturated carbocycles. The lowest BCUT2D eigenvalue weighted by Gasteiger charge is -2.29. The SMILES string of the molecule is CCCC(N)(CN)C(F)(F)F. The Morgan fingerprint density at radius 3 is 1.82 bits per heavy atom. The number of nitrogens with two attached hydrogens (primary N) is 2. The topological polar surface area (TPSA) is 52.0 Å². The molecule has 0 aromatic heterocycles. The van der Waals surface area contributed by atoms with Gasteiger partial charge in [0.2, 0.25) is 0 Å². The minimum absolute atomic E-state index is 0.118. The maximum atomic E-state index is 12.1. The lowest BCUT2D eigenvalue weighted by Crippen LogP contribution is -2.58. The molecule has 68 valence electrons. The second-order valence-corrected chi connectivity index (χ2v) is 2.61. The first-order valence-corrected chi connectivity index (χ1v) is 3.43. The van der Waals surface area contributed by atoms with E-state index < -0.39 is 18.3 Å². The average Bonchev–Trinajstić information content (AvgIpc) is 1.86. The minimum atomic E-state index is -4.39. The van der Waals surface area contributed by atoms with Crippen molar-refractivity contribution in [1.82, 2.24) is 0 Å². The molecule has 1 atom stereocenters. The van der Waals surface area contributed by atoms with Crippen molar-refractivity contribution in [2.75, 3.05) is 6.54 Å². The number of alkyl halides is 3. The van der Waals surface area contributed by atoms with Crippen LogP contribution in [0.4, 0.5) is 13.2 Å². The van der Waals surface area contributed by atoms with E-state index in [1.807, 2.05) is 0 Å². The van der Waals surface area contributed by atoms with E-state index in [0.29, 0.717) is 6.42 Å². The van der Waals surface area contributed by atoms with Crippen LogP contribution in [-0.2, 0) is 0 Å². The van der Waals surface area contributed by atoms with E-state index in [4.69, 9.17) is 11.5 Å². The molecule has 0 aromatic rings. The van der Waals surface area contributed by atoms with Crippen LogP contribution < -0.4 is 11.5 Å². The van der Waals surface area contributed by atoms with E-state index in [-0.39, 0.29) is 6.42 Å². The molecule has 0 aliphatic carbocycles. The van der Waals surface area contributed by atoms with Crippen LogP contribution in [0.3, 0.4) is 0 Å². The Kier molecular flexibility index (Phi) is 3.31. The summed E-state index contributed by atoms with van der Waals surface area (Å²) in [4.78, 5) is 0. The monoisotopic (exact) mass is 170 g/mol. The molecule has 2 nitrogen and oxygen atoms in total. The summed E-state index contributed by atoms with van der Waals surface area (Å²) in [7, 11) is 0. The highest BCUT2D eigenvalue weighted by Crippen LogP contribution is 2.30. The molecule has 0 amide bonds. The third kappa shape index (κ3) is 2.34. The van der Waals surface area contributed by atoms with Crippen LogP contribution in [0, 0.1) is 0 Å². The van der Waals surface area contributed by atoms with Gasteiger partial charge in [0, 0.05) is 6.54 Å². The molecule has 0 saturated heterocycles. The van der Waals surface area contributed by atoms with Gasteiger partial charge in [-0.25, -0.2) is 0 Å². The van der Waals surface area contributed by atoms with Crippen molar-refractivity contribution in [1.29, 1.82) is 0 Å². The van der Waals surface area contributed by atoms with Crippen LogP contribution in [0.25, 0.3) is 0 Å². The van der Waals surface area contributed by atoms with Gasteiger partial charge in [-0.05, 0) is 6.42 Å². The Bertz CT molecular complexity index is 123. The third-order valence-corrected chi connectivity index (χ3v) is 1.62. The van der Waals surface area contributed by atoms with Gasteiger partial charge in [0.25, 0.3) is 0 Å². The maximum absolute atomic E-state index is 12.1. The maximum Gasteiger partial charge on any atom is 0.407 e. The van der Waals surface area contributed by atoms with Crippen LogP contribution in [0.15, 0.2) is 0 Å². The van der Waals surface area contributed by atoms with Gasteiger partial charge in [0.15, 0.2) is 0 Å². The Morgan fingerprint density at radius 1 is 1.27 bits per heavy atom. The number of hydrogen-bond donors (Lipinski definition) is 2. The summed E-state index contributed by atoms with van der Waals surface area (Å²) < 4.78 is 36.3. The fraction of sp³-hybridized carbons (Fsp3) is 1.00. The molecule has 0 aromatic carbocycles. The van der Waals surface area contributed by atoms with Crippen LogP contribution in [0.1, 0.15) is 19.8 Å². The van der Waals surface area contributed by atoms with Crippen LogP contribution in [0.5, 0.6) is 0 Å². The molecule has 0 heterocycles. The van der Waals surface area contributed by atoms with Gasteiger partial charge in [-0.2, -0.15) is 13.2 Å². The van der Waals surface area contributed by atoms with Crippen LogP contribution >= 0.6 is 0 Å². The second-order valence-electron chi connectivity index (χ2n) is 2.61. The molecule has 0 rings (SSSR count). The fourth-order valence-electron chi connectivity index (χ4n) is 0.806. The lowest BCUT2D eigenvalue weighted by molar-refractivity contribution is -0.184. The highest BCUT2D eigenvalue weighted by molar-refractivity contribution is 4.92. The molecule has 0 bridgehead atoms. The van der Waals surface area contributed by atoms with Gasteiger partial charge in [-0.15, -0.1) is 0 Å². The predicted molar refractivity (Wildman–Crippen MR) is 36.9 cm³/mol. The zero-order chi connectivity index (χ0) is 9.12. The van der Waals surface area contributed by atoms with Crippen molar-refractivity contribution < 1.29 is 13.2 Å². The van der Waals surface area contributed by atoms with Crippen molar-refractivity contribution in [3.8, 4) is 0 Å². The highest BCUT2D eigenvalue weighted by Gasteiger charge is 2.49. The van der Waals surface area contributed by atoms with E-state index in [9.17, 15) is 13.2 Å². The molecule has 0 aliphatic rings. The van der Waals surface area contributed by atoms with Gasteiger partial charge in [0.1, 0.15) is 5.54 Å². The summed E-state index contributed by atoms with van der Waals surface area (Å²) >= 11 is 0. The number of halogens is 3. The first-order valence-electron chi connectivity index (χ1n) is 3.43. The Balaban J connectivity index is 4.33. The van der Waals surface area contributed by atoms with Gasteiger partial charge in [-0.3, -0.25) is 0 Å². The fourth-order valence-corrected chi connectivity index (χ4v) is 0.806. The normalized spacial score (nSPS) is 18.0. The third-order valence-electron chi connectivity index (χ3n) is 1.62. The Hall–Kier alpha value is -0.290. The predicted octanol–water partition coefficient (Wildman–Crippen LogP) is 1.01. The van der Waals surface area contributed by atoms with E-state index in [0.717, 1.165) is 0 Å². The van der Waals surface area contributed by atoms with Crippen molar-refractivity contribution in [3.05, 3.63) is 0 Å². The standard InChI is InChI=1S/C6H13F3N2/c1-2-3-5(11,4-10)6(7,8)9/h2-4,10-11H2,1H3. The van der Waals surface area contributed by atoms with Gasteiger partial charge < -0.3 is 11.5 Å². The van der Waals surface area contributed by atoms with Crippen molar-refractivity contribution >= 4 is 0 Å². The molecule has 5 heteroatoms. The highest BCUT2D eigenvalue weighted by atomic mass is 19.4. The number of hydrogen-bond acceptors (Lipinski definition) is 2. The molecule has 11 heavy (non-hydrogen) atoms. The van der Waals surface area contributed by atoms with Crippen LogP contribution in [-0.4, -0.2) is 18.3 Å². The molecule has 0 fully saturated rings. The molecule has 0 spiro atoms. The van der Waals surface area contributed by atoms with Crippen molar-refractivity contribution in [2.45, 2.75) is 31.5 Å².